The van der Waals surface area contributed by atoms with Crippen molar-refractivity contribution in [3.63, 3.8) is 0 Å². The number of hydrogen-bond acceptors (Lipinski definition) is 7. The number of aryl methyl sites for hydroxylation is 1. The van der Waals surface area contributed by atoms with E-state index in [9.17, 15) is 18.9 Å². The van der Waals surface area contributed by atoms with Crippen molar-refractivity contribution in [2.24, 2.45) is 7.05 Å². The van der Waals surface area contributed by atoms with Gasteiger partial charge in [-0.05, 0) is 28.1 Å². The zero-order chi connectivity index (χ0) is 18.1. The van der Waals surface area contributed by atoms with Crippen molar-refractivity contribution in [3.8, 4) is 11.5 Å². The fourth-order valence-corrected chi connectivity index (χ4v) is 2.85. The summed E-state index contributed by atoms with van der Waals surface area (Å²) < 4.78 is 32.7. The van der Waals surface area contributed by atoms with E-state index in [0.29, 0.717) is 10.7 Å². The third-order valence-corrected chi connectivity index (χ3v) is 4.39. The van der Waals surface area contributed by atoms with Gasteiger partial charge in [0.2, 0.25) is 17.5 Å². The molecule has 0 aliphatic rings. The van der Waals surface area contributed by atoms with Gasteiger partial charge in [0.05, 0.1) is 5.75 Å². The van der Waals surface area contributed by atoms with Crippen LogP contribution in [0.5, 0.6) is 0 Å². The summed E-state index contributed by atoms with van der Waals surface area (Å²) in [4.78, 5) is 19.0. The Hall–Kier alpha value is -2.82. The molecule has 0 bridgehead atoms. The number of nitro groups is 1. The van der Waals surface area contributed by atoms with Crippen LogP contribution in [-0.4, -0.2) is 24.6 Å². The minimum absolute atomic E-state index is 0.0377. The van der Waals surface area contributed by atoms with E-state index in [0.717, 1.165) is 12.1 Å². The Morgan fingerprint density at radius 2 is 2.08 bits per heavy atom. The second-order valence-electron chi connectivity index (χ2n) is 5.02. The molecule has 3 rings (SSSR count). The first-order chi connectivity index (χ1) is 11.9. The zero-order valence-electron chi connectivity index (χ0n) is 13.1. The molecule has 0 N–H and O–H groups in total. The lowest BCUT2D eigenvalue weighted by atomic mass is 10.3. The van der Waals surface area contributed by atoms with Crippen molar-refractivity contribution in [1.82, 2.24) is 19.7 Å². The molecule has 11 heteroatoms. The van der Waals surface area contributed by atoms with Crippen molar-refractivity contribution in [1.29, 1.82) is 0 Å². The Balaban J connectivity index is 1.81. The predicted octanol–water partition coefficient (Wildman–Crippen LogP) is 3.26. The van der Waals surface area contributed by atoms with Crippen LogP contribution in [0.25, 0.3) is 11.5 Å². The molecule has 2 aromatic heterocycles. The summed E-state index contributed by atoms with van der Waals surface area (Å²) in [5.74, 6) is -1.37. The molecular weight excluding hydrogens is 356 g/mol. The molecule has 25 heavy (non-hydrogen) atoms. The summed E-state index contributed by atoms with van der Waals surface area (Å²) in [5, 5.41) is 14.9. The van der Waals surface area contributed by atoms with E-state index in [1.807, 2.05) is 0 Å². The van der Waals surface area contributed by atoms with Gasteiger partial charge in [0.25, 0.3) is 0 Å². The molecular formula is C14H11F2N5O3S. The quantitative estimate of drug-likeness (QED) is 0.388. The van der Waals surface area contributed by atoms with Crippen molar-refractivity contribution in [2.45, 2.75) is 17.6 Å². The number of rotatable bonds is 5. The lowest BCUT2D eigenvalue weighted by Crippen LogP contribution is -1.98. The highest BCUT2D eigenvalue weighted by atomic mass is 32.2. The number of halogens is 2. The number of aromatic nitrogens is 4. The third-order valence-electron chi connectivity index (χ3n) is 3.41. The highest BCUT2D eigenvalue weighted by molar-refractivity contribution is 7.98. The van der Waals surface area contributed by atoms with Crippen LogP contribution in [-0.2, 0) is 12.8 Å². The molecule has 8 nitrogen and oxygen atoms in total. The van der Waals surface area contributed by atoms with Gasteiger partial charge in [-0.2, -0.15) is 4.98 Å². The summed E-state index contributed by atoms with van der Waals surface area (Å²) in [6.45, 7) is 1.62. The summed E-state index contributed by atoms with van der Waals surface area (Å²) in [5.41, 5.74) is 0.135. The van der Waals surface area contributed by atoms with Gasteiger partial charge < -0.3 is 19.2 Å². The minimum atomic E-state index is -0.947. The van der Waals surface area contributed by atoms with Crippen LogP contribution >= 0.6 is 11.8 Å². The van der Waals surface area contributed by atoms with Crippen LogP contribution in [0.3, 0.4) is 0 Å². The highest BCUT2D eigenvalue weighted by Gasteiger charge is 2.28. The monoisotopic (exact) mass is 367 g/mol. The normalized spacial score (nSPS) is 11.0. The van der Waals surface area contributed by atoms with Crippen LogP contribution < -0.4 is 0 Å². The first-order valence-electron chi connectivity index (χ1n) is 6.95. The Labute approximate surface area is 144 Å². The number of thioether (sulfide) groups is 1. The van der Waals surface area contributed by atoms with Crippen LogP contribution in [0.4, 0.5) is 14.6 Å². The Kier molecular flexibility index (Phi) is 4.49. The fraction of sp³-hybridized carbons (Fsp3) is 0.214. The summed E-state index contributed by atoms with van der Waals surface area (Å²) in [6.07, 6.45) is 0. The molecule has 0 atom stereocenters. The molecule has 0 amide bonds. The summed E-state index contributed by atoms with van der Waals surface area (Å²) in [7, 11) is 1.61. The zero-order valence-corrected chi connectivity index (χ0v) is 13.9. The van der Waals surface area contributed by atoms with Crippen LogP contribution in [0, 0.1) is 28.7 Å². The summed E-state index contributed by atoms with van der Waals surface area (Å²) in [6, 6.07) is 3.51. The molecule has 0 radical (unpaired) electrons. The SMILES string of the molecule is Cc1nc([N+](=O)[O-])c(-c2noc(CSc3ccc(F)c(F)c3)n2)n1C. The maximum atomic E-state index is 13.2. The van der Waals surface area contributed by atoms with Crippen LogP contribution in [0.15, 0.2) is 27.6 Å². The van der Waals surface area contributed by atoms with E-state index in [-0.39, 0.29) is 29.0 Å². The Morgan fingerprint density at radius 1 is 1.32 bits per heavy atom. The van der Waals surface area contributed by atoms with Gasteiger partial charge in [-0.25, -0.2) is 8.78 Å². The number of benzene rings is 1. The first-order valence-corrected chi connectivity index (χ1v) is 7.94. The molecule has 0 aliphatic heterocycles. The van der Waals surface area contributed by atoms with Gasteiger partial charge in [0.1, 0.15) is 0 Å². The Morgan fingerprint density at radius 3 is 2.76 bits per heavy atom. The van der Waals surface area contributed by atoms with Gasteiger partial charge in [0.15, 0.2) is 17.3 Å². The van der Waals surface area contributed by atoms with Crippen molar-refractivity contribution >= 4 is 17.6 Å². The van der Waals surface area contributed by atoms with Gasteiger partial charge in [0, 0.05) is 18.9 Å². The first kappa shape index (κ1) is 17.0. The van der Waals surface area contributed by atoms with E-state index in [1.165, 1.54) is 22.4 Å². The van der Waals surface area contributed by atoms with Crippen molar-refractivity contribution in [2.75, 3.05) is 0 Å². The maximum Gasteiger partial charge on any atom is 0.393 e. The largest absolute Gasteiger partial charge is 0.393 e. The molecule has 0 aliphatic carbocycles. The van der Waals surface area contributed by atoms with Crippen LogP contribution in [0.2, 0.25) is 0 Å². The van der Waals surface area contributed by atoms with E-state index in [2.05, 4.69) is 15.1 Å². The van der Waals surface area contributed by atoms with E-state index < -0.39 is 16.6 Å². The highest BCUT2D eigenvalue weighted by Crippen LogP contribution is 2.29. The van der Waals surface area contributed by atoms with E-state index in [4.69, 9.17) is 4.52 Å². The standard InChI is InChI=1S/C14H11F2N5O3S/c1-7-17-14(21(22)23)12(20(7)2)13-18-11(24-19-13)6-25-8-3-4-9(15)10(16)5-8/h3-5H,6H2,1-2H3. The smallest absolute Gasteiger partial charge is 0.358 e. The lowest BCUT2D eigenvalue weighted by Gasteiger charge is -1.99. The van der Waals surface area contributed by atoms with Gasteiger partial charge in [-0.15, -0.1) is 11.8 Å². The van der Waals surface area contributed by atoms with E-state index in [1.54, 1.807) is 14.0 Å². The van der Waals surface area contributed by atoms with Crippen molar-refractivity contribution in [3.05, 3.63) is 51.7 Å². The lowest BCUT2D eigenvalue weighted by molar-refractivity contribution is -0.388. The molecule has 3 aromatic rings. The molecule has 0 unspecified atom stereocenters. The van der Waals surface area contributed by atoms with Gasteiger partial charge >= 0.3 is 5.82 Å². The van der Waals surface area contributed by atoms with Gasteiger partial charge in [-0.3, -0.25) is 0 Å². The second-order valence-corrected chi connectivity index (χ2v) is 6.07. The van der Waals surface area contributed by atoms with E-state index >= 15 is 0 Å². The molecule has 0 fully saturated rings. The molecule has 0 spiro atoms. The number of hydrogen-bond donors (Lipinski definition) is 0. The van der Waals surface area contributed by atoms with Crippen LogP contribution in [0.1, 0.15) is 11.7 Å². The second kappa shape index (κ2) is 6.59. The van der Waals surface area contributed by atoms with Crippen molar-refractivity contribution < 1.29 is 18.2 Å². The maximum absolute atomic E-state index is 13.2. The average Bonchev–Trinajstić information content (AvgIpc) is 3.14. The number of imidazole rings is 1. The fourth-order valence-electron chi connectivity index (χ4n) is 2.09. The minimum Gasteiger partial charge on any atom is -0.358 e. The third kappa shape index (κ3) is 3.36. The molecule has 0 saturated heterocycles. The predicted molar refractivity (Wildman–Crippen MR) is 83.8 cm³/mol. The average molecular weight is 367 g/mol. The molecule has 1 aromatic carbocycles. The molecule has 130 valence electrons. The molecule has 2 heterocycles. The van der Waals surface area contributed by atoms with Gasteiger partial charge in [-0.1, -0.05) is 5.16 Å². The number of nitrogens with zero attached hydrogens (tertiary/aromatic N) is 5. The topological polar surface area (TPSA) is 99.9 Å². The molecule has 0 saturated carbocycles. The summed E-state index contributed by atoms with van der Waals surface area (Å²) >= 11 is 1.17. The Bertz CT molecular complexity index is 956.